The van der Waals surface area contributed by atoms with E-state index in [9.17, 15) is 35.9 Å². The minimum Gasteiger partial charge on any atom is -0.484 e. The van der Waals surface area contributed by atoms with Crippen LogP contribution in [0.4, 0.5) is 31.1 Å². The van der Waals surface area contributed by atoms with E-state index in [0.29, 0.717) is 12.1 Å². The molecule has 2 rings (SSSR count). The molecule has 1 aliphatic heterocycles. The highest BCUT2D eigenvalue weighted by Gasteiger charge is 2.37. The van der Waals surface area contributed by atoms with Gasteiger partial charge in [0, 0.05) is 13.1 Å². The van der Waals surface area contributed by atoms with Crippen LogP contribution in [-0.4, -0.2) is 36.5 Å². The van der Waals surface area contributed by atoms with Gasteiger partial charge < -0.3 is 10.1 Å². The molecule has 24 heavy (non-hydrogen) atoms. The van der Waals surface area contributed by atoms with E-state index in [4.69, 9.17) is 4.74 Å². The molecule has 0 atom stereocenters. The predicted octanol–water partition coefficient (Wildman–Crippen LogP) is 2.65. The molecule has 11 heteroatoms. The number of ether oxygens (including phenoxy) is 1. The fourth-order valence-electron chi connectivity index (χ4n) is 1.94. The van der Waals surface area contributed by atoms with Gasteiger partial charge in [-0.05, 0) is 18.2 Å². The van der Waals surface area contributed by atoms with Gasteiger partial charge in [0.25, 0.3) is 5.91 Å². The van der Waals surface area contributed by atoms with Crippen molar-refractivity contribution in [3.8, 4) is 5.75 Å². The van der Waals surface area contributed by atoms with Crippen molar-refractivity contribution in [3.05, 3.63) is 29.3 Å². The van der Waals surface area contributed by atoms with Crippen LogP contribution < -0.4 is 10.1 Å². The average molecular weight is 356 g/mol. The Morgan fingerprint density at radius 1 is 1.08 bits per heavy atom. The first-order valence-electron chi connectivity index (χ1n) is 6.49. The Hall–Kier alpha value is -2.46. The van der Waals surface area contributed by atoms with Gasteiger partial charge in [-0.1, -0.05) is 0 Å². The summed E-state index contributed by atoms with van der Waals surface area (Å²) in [5.74, 6) is -1.65. The molecule has 5 nitrogen and oxygen atoms in total. The lowest BCUT2D eigenvalue weighted by Gasteiger charge is -2.16. The van der Waals surface area contributed by atoms with Gasteiger partial charge >= 0.3 is 18.4 Å². The smallest absolute Gasteiger partial charge is 0.416 e. The normalized spacial score (nSPS) is 15.4. The predicted molar refractivity (Wildman–Crippen MR) is 67.1 cm³/mol. The molecule has 3 amide bonds. The number of rotatable bonds is 3. The number of alkyl halides is 6. The molecule has 0 aromatic heterocycles. The molecule has 1 aromatic rings. The standard InChI is InChI=1S/C13H10F6N2O3/c14-12(15,16)7-3-8(13(17,18)19)5-9(4-7)24-6-10(22)21-2-1-20-11(21)23/h3-5H,1-2,6H2,(H,20,23). The molecule has 1 fully saturated rings. The zero-order valence-corrected chi connectivity index (χ0v) is 11.8. The van der Waals surface area contributed by atoms with E-state index in [2.05, 4.69) is 5.32 Å². The van der Waals surface area contributed by atoms with E-state index in [1.807, 2.05) is 0 Å². The van der Waals surface area contributed by atoms with Crippen molar-refractivity contribution in [1.82, 2.24) is 10.2 Å². The number of hydrogen-bond acceptors (Lipinski definition) is 3. The van der Waals surface area contributed by atoms with E-state index in [-0.39, 0.29) is 19.2 Å². The second-order valence-electron chi connectivity index (χ2n) is 4.81. The highest BCUT2D eigenvalue weighted by atomic mass is 19.4. The van der Waals surface area contributed by atoms with Gasteiger partial charge in [-0.2, -0.15) is 26.3 Å². The third kappa shape index (κ3) is 4.09. The van der Waals surface area contributed by atoms with Gasteiger partial charge in [0.05, 0.1) is 11.1 Å². The summed E-state index contributed by atoms with van der Waals surface area (Å²) in [6, 6.07) is -0.0505. The van der Waals surface area contributed by atoms with Crippen molar-refractivity contribution >= 4 is 11.9 Å². The summed E-state index contributed by atoms with van der Waals surface area (Å²) in [7, 11) is 0. The van der Waals surface area contributed by atoms with E-state index in [1.165, 1.54) is 0 Å². The fraction of sp³-hybridized carbons (Fsp3) is 0.385. The first-order valence-corrected chi connectivity index (χ1v) is 6.49. The Morgan fingerprint density at radius 2 is 1.62 bits per heavy atom. The molecule has 0 unspecified atom stereocenters. The number of imide groups is 1. The molecule has 1 saturated heterocycles. The maximum absolute atomic E-state index is 12.7. The van der Waals surface area contributed by atoms with Crippen LogP contribution in [0.2, 0.25) is 0 Å². The van der Waals surface area contributed by atoms with Crippen LogP contribution in [0.5, 0.6) is 5.75 Å². The van der Waals surface area contributed by atoms with E-state index in [1.54, 1.807) is 0 Å². The number of benzene rings is 1. The third-order valence-electron chi connectivity index (χ3n) is 3.08. The molecule has 1 heterocycles. The van der Waals surface area contributed by atoms with Crippen molar-refractivity contribution in [3.63, 3.8) is 0 Å². The van der Waals surface area contributed by atoms with Crippen LogP contribution in [0.3, 0.4) is 0 Å². The largest absolute Gasteiger partial charge is 0.484 e. The zero-order chi connectivity index (χ0) is 18.1. The van der Waals surface area contributed by atoms with Crippen LogP contribution in [0.25, 0.3) is 0 Å². The van der Waals surface area contributed by atoms with Crippen molar-refractivity contribution in [1.29, 1.82) is 0 Å². The number of nitrogens with one attached hydrogen (secondary N) is 1. The number of nitrogens with zero attached hydrogens (tertiary/aromatic N) is 1. The third-order valence-corrected chi connectivity index (χ3v) is 3.08. The van der Waals surface area contributed by atoms with E-state index in [0.717, 1.165) is 4.90 Å². The Kier molecular flexibility index (Phi) is 4.63. The van der Waals surface area contributed by atoms with E-state index >= 15 is 0 Å². The van der Waals surface area contributed by atoms with Crippen molar-refractivity contribution in [2.45, 2.75) is 12.4 Å². The second kappa shape index (κ2) is 6.21. The number of carbonyl (C=O) groups is 2. The van der Waals surface area contributed by atoms with Crippen molar-refractivity contribution in [2.24, 2.45) is 0 Å². The van der Waals surface area contributed by atoms with Gasteiger partial charge in [0.15, 0.2) is 6.61 Å². The summed E-state index contributed by atoms with van der Waals surface area (Å²) in [6.07, 6.45) is -10.0. The highest BCUT2D eigenvalue weighted by Crippen LogP contribution is 2.38. The molecule has 0 bridgehead atoms. The molecule has 1 aliphatic rings. The van der Waals surface area contributed by atoms with Gasteiger partial charge in [0.1, 0.15) is 5.75 Å². The monoisotopic (exact) mass is 356 g/mol. The lowest BCUT2D eigenvalue weighted by atomic mass is 10.1. The topological polar surface area (TPSA) is 58.6 Å². The van der Waals surface area contributed by atoms with Crippen LogP contribution >= 0.6 is 0 Å². The highest BCUT2D eigenvalue weighted by molar-refractivity contribution is 5.96. The Labute approximate surface area is 131 Å². The first kappa shape index (κ1) is 17.9. The van der Waals surface area contributed by atoms with Crippen molar-refractivity contribution in [2.75, 3.05) is 19.7 Å². The number of halogens is 6. The maximum atomic E-state index is 12.7. The fourth-order valence-corrected chi connectivity index (χ4v) is 1.94. The molecule has 1 N–H and O–H groups in total. The molecular formula is C13H10F6N2O3. The zero-order valence-electron chi connectivity index (χ0n) is 11.8. The summed E-state index contributed by atoms with van der Waals surface area (Å²) in [6.45, 7) is -0.629. The summed E-state index contributed by atoms with van der Waals surface area (Å²) in [4.78, 5) is 23.7. The molecule has 0 spiro atoms. The summed E-state index contributed by atoms with van der Waals surface area (Å²) in [5, 5.41) is 2.32. The Morgan fingerprint density at radius 3 is 2.04 bits per heavy atom. The van der Waals surface area contributed by atoms with Crippen LogP contribution in [0.15, 0.2) is 18.2 Å². The number of hydrogen-bond donors (Lipinski definition) is 1. The lowest BCUT2D eigenvalue weighted by Crippen LogP contribution is -2.37. The van der Waals surface area contributed by atoms with E-state index < -0.39 is 47.8 Å². The molecular weight excluding hydrogens is 346 g/mol. The van der Waals surface area contributed by atoms with Crippen LogP contribution in [0.1, 0.15) is 11.1 Å². The minimum atomic E-state index is -5.02. The minimum absolute atomic E-state index is 0.0391. The quantitative estimate of drug-likeness (QED) is 0.848. The summed E-state index contributed by atoms with van der Waals surface area (Å²) >= 11 is 0. The SMILES string of the molecule is O=C(COc1cc(C(F)(F)F)cc(C(F)(F)F)c1)N1CCNC1=O. The number of carbonyl (C=O) groups excluding carboxylic acids is 2. The van der Waals surface area contributed by atoms with Crippen molar-refractivity contribution < 1.29 is 40.7 Å². The lowest BCUT2D eigenvalue weighted by molar-refractivity contribution is -0.143. The summed E-state index contributed by atoms with van der Waals surface area (Å²) in [5.41, 5.74) is -3.11. The van der Waals surface area contributed by atoms with Gasteiger partial charge in [-0.15, -0.1) is 0 Å². The molecule has 0 saturated carbocycles. The average Bonchev–Trinajstić information content (AvgIpc) is 2.89. The number of amides is 3. The summed E-state index contributed by atoms with van der Waals surface area (Å²) < 4.78 is 80.8. The van der Waals surface area contributed by atoms with Gasteiger partial charge in [0.2, 0.25) is 0 Å². The molecule has 132 valence electrons. The van der Waals surface area contributed by atoms with Gasteiger partial charge in [-0.25, -0.2) is 4.79 Å². The molecule has 0 aliphatic carbocycles. The van der Waals surface area contributed by atoms with Crippen LogP contribution in [0, 0.1) is 0 Å². The maximum Gasteiger partial charge on any atom is 0.416 e. The van der Waals surface area contributed by atoms with Gasteiger partial charge in [-0.3, -0.25) is 9.69 Å². The second-order valence-corrected chi connectivity index (χ2v) is 4.81. The molecule has 0 radical (unpaired) electrons. The Balaban J connectivity index is 2.20. The van der Waals surface area contributed by atoms with Crippen LogP contribution in [-0.2, 0) is 17.1 Å². The molecule has 1 aromatic carbocycles. The number of urea groups is 1. The Bertz CT molecular complexity index is 624. The first-order chi connectivity index (χ1) is 11.0.